The Balaban J connectivity index is 1.64. The van der Waals surface area contributed by atoms with Crippen molar-refractivity contribution in [3.05, 3.63) is 47.3 Å². The fourth-order valence-electron chi connectivity index (χ4n) is 4.03. The second-order valence-corrected chi connectivity index (χ2v) is 8.04. The molecule has 3 heteroatoms. The predicted molar refractivity (Wildman–Crippen MR) is 119 cm³/mol. The molecule has 0 fully saturated rings. The van der Waals surface area contributed by atoms with Crippen molar-refractivity contribution in [2.75, 3.05) is 13.2 Å². The number of hydrogen-bond acceptors (Lipinski definition) is 2. The summed E-state index contributed by atoms with van der Waals surface area (Å²) in [4.78, 5) is 0. The highest BCUT2D eigenvalue weighted by atomic mass is 19.1. The van der Waals surface area contributed by atoms with Crippen LogP contribution < -0.4 is 9.47 Å². The molecule has 158 valence electrons. The third-order valence-electron chi connectivity index (χ3n) is 5.74. The molecule has 3 rings (SSSR count). The van der Waals surface area contributed by atoms with Crippen LogP contribution in [0.5, 0.6) is 11.5 Å². The van der Waals surface area contributed by atoms with E-state index < -0.39 is 0 Å². The fourth-order valence-corrected chi connectivity index (χ4v) is 4.03. The van der Waals surface area contributed by atoms with Crippen LogP contribution in [-0.4, -0.2) is 13.2 Å². The summed E-state index contributed by atoms with van der Waals surface area (Å²) in [5, 5.41) is 0. The summed E-state index contributed by atoms with van der Waals surface area (Å²) in [6.45, 7) is 5.75. The molecule has 0 unspecified atom stereocenters. The standard InChI is InChI=1S/C26H35FO2/c1-3-5-7-8-10-18-29-25-16-15-23-22-14-12-21(28-17-9-6-4-2)19-20(22)11-13-24(23)26(25)27/h12,14-16,19H,3-11,13,17-18H2,1-2H3. The van der Waals surface area contributed by atoms with Gasteiger partial charge in [0.2, 0.25) is 0 Å². The second-order valence-electron chi connectivity index (χ2n) is 8.04. The van der Waals surface area contributed by atoms with Crippen LogP contribution in [0, 0.1) is 5.82 Å². The highest BCUT2D eigenvalue weighted by Crippen LogP contribution is 2.39. The number of fused-ring (bicyclic) bond motifs is 3. The van der Waals surface area contributed by atoms with Crippen LogP contribution in [0.4, 0.5) is 4.39 Å². The lowest BCUT2D eigenvalue weighted by Crippen LogP contribution is -2.09. The molecule has 0 heterocycles. The zero-order valence-electron chi connectivity index (χ0n) is 18.1. The Morgan fingerprint density at radius 3 is 2.28 bits per heavy atom. The Bertz CT molecular complexity index is 785. The monoisotopic (exact) mass is 398 g/mol. The minimum absolute atomic E-state index is 0.179. The SMILES string of the molecule is CCCCCCCOc1ccc2c(c1F)CCc1cc(OCCCCC)ccc1-2. The summed E-state index contributed by atoms with van der Waals surface area (Å²) in [5.74, 6) is 1.15. The van der Waals surface area contributed by atoms with Gasteiger partial charge in [-0.3, -0.25) is 0 Å². The Kier molecular flexibility index (Phi) is 8.39. The van der Waals surface area contributed by atoms with Gasteiger partial charge in [-0.1, -0.05) is 64.5 Å². The Morgan fingerprint density at radius 1 is 0.759 bits per heavy atom. The highest BCUT2D eigenvalue weighted by molar-refractivity contribution is 5.75. The van der Waals surface area contributed by atoms with E-state index in [0.717, 1.165) is 54.7 Å². The topological polar surface area (TPSA) is 18.5 Å². The van der Waals surface area contributed by atoms with Crippen molar-refractivity contribution in [3.8, 4) is 22.6 Å². The molecule has 0 bridgehead atoms. The number of hydrogen-bond donors (Lipinski definition) is 0. The van der Waals surface area contributed by atoms with E-state index in [2.05, 4.69) is 26.0 Å². The van der Waals surface area contributed by atoms with E-state index >= 15 is 4.39 Å². The van der Waals surface area contributed by atoms with Gasteiger partial charge in [0.15, 0.2) is 11.6 Å². The van der Waals surface area contributed by atoms with Crippen LogP contribution in [0.2, 0.25) is 0 Å². The average molecular weight is 399 g/mol. The molecule has 2 nitrogen and oxygen atoms in total. The molecule has 0 atom stereocenters. The Hall–Kier alpha value is -2.03. The number of benzene rings is 2. The number of unbranched alkanes of at least 4 members (excludes halogenated alkanes) is 6. The maximum absolute atomic E-state index is 15.0. The first-order valence-corrected chi connectivity index (χ1v) is 11.4. The highest BCUT2D eigenvalue weighted by Gasteiger charge is 2.22. The quantitative estimate of drug-likeness (QED) is 0.344. The van der Waals surface area contributed by atoms with Gasteiger partial charge in [-0.2, -0.15) is 0 Å². The Labute approximate surface area is 175 Å². The minimum Gasteiger partial charge on any atom is -0.494 e. The van der Waals surface area contributed by atoms with E-state index in [-0.39, 0.29) is 5.82 Å². The molecule has 2 aromatic carbocycles. The Morgan fingerprint density at radius 2 is 1.45 bits per heavy atom. The van der Waals surface area contributed by atoms with Gasteiger partial charge in [-0.05, 0) is 66.1 Å². The zero-order chi connectivity index (χ0) is 20.5. The number of aryl methyl sites for hydroxylation is 1. The molecule has 0 spiro atoms. The van der Waals surface area contributed by atoms with Gasteiger partial charge >= 0.3 is 0 Å². The van der Waals surface area contributed by atoms with Gasteiger partial charge < -0.3 is 9.47 Å². The maximum Gasteiger partial charge on any atom is 0.168 e. The van der Waals surface area contributed by atoms with Crippen LogP contribution in [0.1, 0.15) is 76.3 Å². The molecular weight excluding hydrogens is 363 g/mol. The summed E-state index contributed by atoms with van der Waals surface area (Å²) in [5.41, 5.74) is 4.15. The summed E-state index contributed by atoms with van der Waals surface area (Å²) >= 11 is 0. The van der Waals surface area contributed by atoms with Gasteiger partial charge in [0.25, 0.3) is 0 Å². The molecule has 0 aromatic heterocycles. The third-order valence-corrected chi connectivity index (χ3v) is 5.74. The lowest BCUT2D eigenvalue weighted by atomic mass is 9.85. The molecule has 0 N–H and O–H groups in total. The van der Waals surface area contributed by atoms with Crippen LogP contribution in [-0.2, 0) is 12.8 Å². The van der Waals surface area contributed by atoms with Crippen molar-refractivity contribution in [1.29, 1.82) is 0 Å². The van der Waals surface area contributed by atoms with Gasteiger partial charge in [0.05, 0.1) is 13.2 Å². The third kappa shape index (κ3) is 5.74. The second kappa shape index (κ2) is 11.2. The van der Waals surface area contributed by atoms with Crippen molar-refractivity contribution >= 4 is 0 Å². The van der Waals surface area contributed by atoms with E-state index in [1.165, 1.54) is 37.7 Å². The predicted octanol–water partition coefficient (Wildman–Crippen LogP) is 7.51. The fraction of sp³-hybridized carbons (Fsp3) is 0.538. The van der Waals surface area contributed by atoms with Gasteiger partial charge in [-0.15, -0.1) is 0 Å². The van der Waals surface area contributed by atoms with E-state index in [9.17, 15) is 0 Å². The van der Waals surface area contributed by atoms with Crippen LogP contribution in [0.15, 0.2) is 30.3 Å². The molecule has 0 amide bonds. The first kappa shape index (κ1) is 21.7. The van der Waals surface area contributed by atoms with Crippen molar-refractivity contribution in [1.82, 2.24) is 0 Å². The molecule has 0 saturated heterocycles. The summed E-state index contributed by atoms with van der Waals surface area (Å²) in [6, 6.07) is 10.0. The summed E-state index contributed by atoms with van der Waals surface area (Å²) < 4.78 is 26.7. The van der Waals surface area contributed by atoms with Gasteiger partial charge in [0.1, 0.15) is 5.75 Å². The number of rotatable bonds is 12. The van der Waals surface area contributed by atoms with E-state index in [4.69, 9.17) is 9.47 Å². The average Bonchev–Trinajstić information content (AvgIpc) is 2.74. The summed E-state index contributed by atoms with van der Waals surface area (Å²) in [6.07, 6.45) is 10.9. The van der Waals surface area contributed by atoms with Crippen LogP contribution in [0.3, 0.4) is 0 Å². The maximum atomic E-state index is 15.0. The van der Waals surface area contributed by atoms with E-state index in [0.29, 0.717) is 18.8 Å². The molecule has 0 aliphatic heterocycles. The smallest absolute Gasteiger partial charge is 0.168 e. The molecule has 29 heavy (non-hydrogen) atoms. The van der Waals surface area contributed by atoms with E-state index in [1.54, 1.807) is 6.07 Å². The molecule has 0 saturated carbocycles. The lowest BCUT2D eigenvalue weighted by molar-refractivity contribution is 0.289. The molecular formula is C26H35FO2. The zero-order valence-corrected chi connectivity index (χ0v) is 18.1. The summed E-state index contributed by atoms with van der Waals surface area (Å²) in [7, 11) is 0. The number of ether oxygens (including phenoxy) is 2. The van der Waals surface area contributed by atoms with Crippen molar-refractivity contribution < 1.29 is 13.9 Å². The first-order chi connectivity index (χ1) is 14.2. The largest absolute Gasteiger partial charge is 0.494 e. The van der Waals surface area contributed by atoms with Gasteiger partial charge in [0, 0.05) is 0 Å². The number of halogens is 1. The van der Waals surface area contributed by atoms with Crippen molar-refractivity contribution in [3.63, 3.8) is 0 Å². The molecule has 2 aromatic rings. The molecule has 1 aliphatic rings. The van der Waals surface area contributed by atoms with Crippen molar-refractivity contribution in [2.45, 2.75) is 78.1 Å². The van der Waals surface area contributed by atoms with E-state index in [1.807, 2.05) is 12.1 Å². The van der Waals surface area contributed by atoms with Crippen LogP contribution >= 0.6 is 0 Å². The molecule has 1 aliphatic carbocycles. The van der Waals surface area contributed by atoms with Gasteiger partial charge in [-0.25, -0.2) is 4.39 Å². The van der Waals surface area contributed by atoms with Crippen LogP contribution in [0.25, 0.3) is 11.1 Å². The minimum atomic E-state index is -0.179. The molecule has 0 radical (unpaired) electrons. The first-order valence-electron chi connectivity index (χ1n) is 11.4. The lowest BCUT2D eigenvalue weighted by Gasteiger charge is -2.22. The van der Waals surface area contributed by atoms with Crippen molar-refractivity contribution in [2.24, 2.45) is 0 Å². The normalized spacial score (nSPS) is 12.4.